The Hall–Kier alpha value is -3.47. The van der Waals surface area contributed by atoms with Crippen LogP contribution in [-0.2, 0) is 32.6 Å². The predicted molar refractivity (Wildman–Crippen MR) is 182 cm³/mol. The number of hydrogen-bond donors (Lipinski definition) is 1. The molecule has 0 saturated heterocycles. The highest BCUT2D eigenvalue weighted by Crippen LogP contribution is 2.27. The molecule has 1 atom stereocenters. The lowest BCUT2D eigenvalue weighted by atomic mass is 10.0. The fourth-order valence-corrected chi connectivity index (χ4v) is 6.72. The van der Waals surface area contributed by atoms with Gasteiger partial charge in [0, 0.05) is 28.5 Å². The summed E-state index contributed by atoms with van der Waals surface area (Å²) < 4.78 is 30.7. The summed E-state index contributed by atoms with van der Waals surface area (Å²) in [6.45, 7) is 4.05. The summed E-state index contributed by atoms with van der Waals surface area (Å²) in [6, 6.07) is 30.9. The molecule has 7 nitrogen and oxygen atoms in total. The summed E-state index contributed by atoms with van der Waals surface area (Å²) >= 11 is 6.89. The zero-order valence-electron chi connectivity index (χ0n) is 24.6. The molecule has 0 radical (unpaired) electrons. The Kier molecular flexibility index (Phi) is 11.8. The Balaban J connectivity index is 1.79. The molecule has 0 fully saturated rings. The SMILES string of the molecule is CC(C)CNC(=O)C(Cc1ccccc1)N(Cc1ccc(Br)cc1)C(=O)CN(c1cccc(Br)c1)S(=O)(=O)c1ccccc1. The van der Waals surface area contributed by atoms with Gasteiger partial charge in [0.2, 0.25) is 11.8 Å². The number of nitrogens with one attached hydrogen (secondary N) is 1. The van der Waals surface area contributed by atoms with E-state index in [0.29, 0.717) is 16.7 Å². The Labute approximate surface area is 276 Å². The second-order valence-electron chi connectivity index (χ2n) is 10.8. The minimum Gasteiger partial charge on any atom is -0.354 e. The summed E-state index contributed by atoms with van der Waals surface area (Å²) in [7, 11) is -4.15. The van der Waals surface area contributed by atoms with Crippen LogP contribution in [0.1, 0.15) is 25.0 Å². The number of anilines is 1. The number of hydrogen-bond acceptors (Lipinski definition) is 4. The van der Waals surface area contributed by atoms with Crippen LogP contribution in [0.4, 0.5) is 5.69 Å². The van der Waals surface area contributed by atoms with Gasteiger partial charge in [-0.1, -0.05) is 112 Å². The van der Waals surface area contributed by atoms with E-state index in [0.717, 1.165) is 19.9 Å². The minimum absolute atomic E-state index is 0.0581. The molecule has 4 rings (SSSR count). The van der Waals surface area contributed by atoms with Crippen LogP contribution in [0, 0.1) is 5.92 Å². The van der Waals surface area contributed by atoms with E-state index >= 15 is 0 Å². The third kappa shape index (κ3) is 9.03. The zero-order chi connectivity index (χ0) is 31.7. The van der Waals surface area contributed by atoms with Gasteiger partial charge in [0.05, 0.1) is 10.6 Å². The van der Waals surface area contributed by atoms with Crippen LogP contribution >= 0.6 is 31.9 Å². The molecule has 0 aliphatic carbocycles. The number of carbonyl (C=O) groups is 2. The molecule has 0 aliphatic rings. The first-order chi connectivity index (χ1) is 21.0. The Morgan fingerprint density at radius 2 is 1.41 bits per heavy atom. The maximum Gasteiger partial charge on any atom is 0.264 e. The average Bonchev–Trinajstić information content (AvgIpc) is 3.02. The lowest BCUT2D eigenvalue weighted by molar-refractivity contribution is -0.140. The quantitative estimate of drug-likeness (QED) is 0.163. The first-order valence-corrected chi connectivity index (χ1v) is 17.3. The van der Waals surface area contributed by atoms with E-state index in [1.807, 2.05) is 68.4 Å². The van der Waals surface area contributed by atoms with Crippen LogP contribution in [0.3, 0.4) is 0 Å². The molecule has 4 aromatic rings. The van der Waals surface area contributed by atoms with Gasteiger partial charge in [-0.2, -0.15) is 0 Å². The second-order valence-corrected chi connectivity index (χ2v) is 14.5. The van der Waals surface area contributed by atoms with E-state index in [9.17, 15) is 18.0 Å². The van der Waals surface area contributed by atoms with Crippen molar-refractivity contribution in [2.45, 2.75) is 37.8 Å². The number of benzene rings is 4. The van der Waals surface area contributed by atoms with Crippen LogP contribution < -0.4 is 9.62 Å². The molecule has 2 amide bonds. The van der Waals surface area contributed by atoms with Crippen LogP contribution in [-0.4, -0.2) is 44.3 Å². The molecule has 0 aliphatic heterocycles. The predicted octanol–water partition coefficient (Wildman–Crippen LogP) is 6.82. The average molecular weight is 742 g/mol. The van der Waals surface area contributed by atoms with Crippen molar-refractivity contribution in [3.63, 3.8) is 0 Å². The molecule has 230 valence electrons. The van der Waals surface area contributed by atoms with E-state index in [4.69, 9.17) is 0 Å². The lowest BCUT2D eigenvalue weighted by Gasteiger charge is -2.34. The highest BCUT2D eigenvalue weighted by molar-refractivity contribution is 9.10. The van der Waals surface area contributed by atoms with Crippen LogP contribution in [0.25, 0.3) is 0 Å². The van der Waals surface area contributed by atoms with Gasteiger partial charge in [0.15, 0.2) is 0 Å². The van der Waals surface area contributed by atoms with Crippen molar-refractivity contribution < 1.29 is 18.0 Å². The summed E-state index contributed by atoms with van der Waals surface area (Å²) in [5.41, 5.74) is 2.01. The number of amides is 2. The summed E-state index contributed by atoms with van der Waals surface area (Å²) in [4.78, 5) is 29.8. The number of sulfonamides is 1. The summed E-state index contributed by atoms with van der Waals surface area (Å²) in [5.74, 6) is -0.601. The van der Waals surface area contributed by atoms with E-state index in [2.05, 4.69) is 37.2 Å². The maximum absolute atomic E-state index is 14.5. The van der Waals surface area contributed by atoms with Crippen molar-refractivity contribution in [1.82, 2.24) is 10.2 Å². The third-order valence-corrected chi connectivity index (χ3v) is 9.74. The van der Waals surface area contributed by atoms with E-state index in [1.165, 1.54) is 17.0 Å². The summed E-state index contributed by atoms with van der Waals surface area (Å²) in [5, 5.41) is 3.00. The highest BCUT2D eigenvalue weighted by atomic mass is 79.9. The van der Waals surface area contributed by atoms with Crippen molar-refractivity contribution in [2.75, 3.05) is 17.4 Å². The lowest BCUT2D eigenvalue weighted by Crippen LogP contribution is -2.53. The van der Waals surface area contributed by atoms with Gasteiger partial charge in [0.25, 0.3) is 10.0 Å². The largest absolute Gasteiger partial charge is 0.354 e. The Morgan fingerprint density at radius 1 is 0.773 bits per heavy atom. The minimum atomic E-state index is -4.15. The van der Waals surface area contributed by atoms with Gasteiger partial charge in [0.1, 0.15) is 12.6 Å². The molecule has 44 heavy (non-hydrogen) atoms. The van der Waals surface area contributed by atoms with Crippen molar-refractivity contribution in [3.05, 3.63) is 129 Å². The number of carbonyl (C=O) groups excluding carboxylic acids is 2. The van der Waals surface area contributed by atoms with E-state index < -0.39 is 28.5 Å². The van der Waals surface area contributed by atoms with Gasteiger partial charge in [-0.25, -0.2) is 8.42 Å². The molecular formula is C34H35Br2N3O4S. The van der Waals surface area contributed by atoms with Gasteiger partial charge in [-0.15, -0.1) is 0 Å². The number of rotatable bonds is 13. The van der Waals surface area contributed by atoms with Gasteiger partial charge in [-0.05, 0) is 59.5 Å². The molecule has 0 saturated carbocycles. The molecule has 10 heteroatoms. The molecule has 0 bridgehead atoms. The van der Waals surface area contributed by atoms with Gasteiger partial charge < -0.3 is 10.2 Å². The van der Waals surface area contributed by atoms with Crippen molar-refractivity contribution >= 4 is 59.4 Å². The van der Waals surface area contributed by atoms with Crippen molar-refractivity contribution in [2.24, 2.45) is 5.92 Å². The fraction of sp³-hybridized carbons (Fsp3) is 0.235. The zero-order valence-corrected chi connectivity index (χ0v) is 28.6. The maximum atomic E-state index is 14.5. The Morgan fingerprint density at radius 3 is 2.02 bits per heavy atom. The van der Waals surface area contributed by atoms with Crippen molar-refractivity contribution in [3.8, 4) is 0 Å². The standard InChI is InChI=1S/C34H35Br2N3O4S/c1-25(2)22-37-34(41)32(20-26-10-5-3-6-11-26)38(23-27-16-18-28(35)19-17-27)33(40)24-39(30-13-9-12-29(36)21-30)44(42,43)31-14-7-4-8-15-31/h3-19,21,25,32H,20,22-24H2,1-2H3,(H,37,41). The number of halogens is 2. The molecule has 1 N–H and O–H groups in total. The monoisotopic (exact) mass is 739 g/mol. The molecular weight excluding hydrogens is 706 g/mol. The van der Waals surface area contributed by atoms with Crippen molar-refractivity contribution in [1.29, 1.82) is 0 Å². The topological polar surface area (TPSA) is 86.8 Å². The normalized spacial score (nSPS) is 12.0. The molecule has 0 spiro atoms. The second kappa shape index (κ2) is 15.5. The van der Waals surface area contributed by atoms with E-state index in [1.54, 1.807) is 42.5 Å². The van der Waals surface area contributed by atoms with Crippen LogP contribution in [0.5, 0.6) is 0 Å². The van der Waals surface area contributed by atoms with Crippen LogP contribution in [0.15, 0.2) is 123 Å². The van der Waals surface area contributed by atoms with Gasteiger partial charge in [-0.3, -0.25) is 13.9 Å². The smallest absolute Gasteiger partial charge is 0.264 e. The molecule has 0 aromatic heterocycles. The van der Waals surface area contributed by atoms with E-state index in [-0.39, 0.29) is 29.7 Å². The molecule has 0 heterocycles. The first kappa shape index (κ1) is 33.4. The summed E-state index contributed by atoms with van der Waals surface area (Å²) in [6.07, 6.45) is 0.259. The van der Waals surface area contributed by atoms with Crippen LogP contribution in [0.2, 0.25) is 0 Å². The molecule has 4 aromatic carbocycles. The molecule has 1 unspecified atom stereocenters. The fourth-order valence-electron chi connectivity index (χ4n) is 4.64. The number of nitrogens with zero attached hydrogens (tertiary/aromatic N) is 2. The highest BCUT2D eigenvalue weighted by Gasteiger charge is 2.34. The third-order valence-electron chi connectivity index (χ3n) is 6.93. The first-order valence-electron chi connectivity index (χ1n) is 14.2. The van der Waals surface area contributed by atoms with Gasteiger partial charge >= 0.3 is 0 Å². The Bertz CT molecular complexity index is 1650.